The molecule has 0 spiro atoms. The fourth-order valence-corrected chi connectivity index (χ4v) is 1.48. The minimum atomic E-state index is 0.563. The molecule has 0 aromatic rings. The Morgan fingerprint density at radius 2 is 1.67 bits per heavy atom. The zero-order chi connectivity index (χ0) is 11.8. The van der Waals surface area contributed by atoms with E-state index >= 15 is 0 Å². The molecule has 0 aromatic heterocycles. The van der Waals surface area contributed by atoms with Crippen LogP contribution in [-0.4, -0.2) is 50.7 Å². The van der Waals surface area contributed by atoms with Crippen molar-refractivity contribution < 1.29 is 0 Å². The molecular weight excluding hydrogens is 186 g/mol. The molecule has 0 aliphatic heterocycles. The van der Waals surface area contributed by atoms with Crippen LogP contribution in [0.15, 0.2) is 0 Å². The Morgan fingerprint density at radius 1 is 1.07 bits per heavy atom. The van der Waals surface area contributed by atoms with E-state index in [-0.39, 0.29) is 0 Å². The maximum absolute atomic E-state index is 3.59. The second kappa shape index (κ2) is 8.08. The van der Waals surface area contributed by atoms with Gasteiger partial charge in [-0.1, -0.05) is 27.7 Å². The van der Waals surface area contributed by atoms with E-state index in [1.807, 2.05) is 0 Å². The van der Waals surface area contributed by atoms with Crippen molar-refractivity contribution in [2.24, 2.45) is 5.92 Å². The molecule has 0 saturated heterocycles. The SMILES string of the molecule is CC(C)N[C@@H](CNCCN(C)C)C(C)C. The summed E-state index contributed by atoms with van der Waals surface area (Å²) in [6, 6.07) is 1.14. The zero-order valence-electron chi connectivity index (χ0n) is 11.3. The highest BCUT2D eigenvalue weighted by atomic mass is 15.1. The second-order valence-electron chi connectivity index (χ2n) is 5.18. The van der Waals surface area contributed by atoms with Gasteiger partial charge in [0.05, 0.1) is 0 Å². The van der Waals surface area contributed by atoms with Crippen LogP contribution in [-0.2, 0) is 0 Å². The molecule has 0 aromatic carbocycles. The maximum atomic E-state index is 3.59. The third kappa shape index (κ3) is 8.85. The summed E-state index contributed by atoms with van der Waals surface area (Å²) in [6.45, 7) is 12.2. The highest BCUT2D eigenvalue weighted by Gasteiger charge is 2.13. The number of hydrogen-bond donors (Lipinski definition) is 2. The summed E-state index contributed by atoms with van der Waals surface area (Å²) < 4.78 is 0. The van der Waals surface area contributed by atoms with Gasteiger partial charge in [-0.25, -0.2) is 0 Å². The molecule has 92 valence electrons. The van der Waals surface area contributed by atoms with Crippen molar-refractivity contribution in [2.75, 3.05) is 33.7 Å². The molecule has 0 fully saturated rings. The van der Waals surface area contributed by atoms with Gasteiger partial charge in [0.15, 0.2) is 0 Å². The van der Waals surface area contributed by atoms with Crippen LogP contribution in [0.5, 0.6) is 0 Å². The van der Waals surface area contributed by atoms with E-state index in [1.165, 1.54) is 0 Å². The van der Waals surface area contributed by atoms with Gasteiger partial charge in [0.2, 0.25) is 0 Å². The first kappa shape index (κ1) is 14.9. The minimum absolute atomic E-state index is 0.563. The topological polar surface area (TPSA) is 27.3 Å². The molecule has 15 heavy (non-hydrogen) atoms. The molecule has 1 atom stereocenters. The number of rotatable bonds is 8. The van der Waals surface area contributed by atoms with E-state index in [4.69, 9.17) is 0 Å². The van der Waals surface area contributed by atoms with Gasteiger partial charge < -0.3 is 15.5 Å². The second-order valence-corrected chi connectivity index (χ2v) is 5.18. The molecule has 0 saturated carbocycles. The summed E-state index contributed by atoms with van der Waals surface area (Å²) in [7, 11) is 4.21. The normalized spacial score (nSPS) is 14.2. The zero-order valence-corrected chi connectivity index (χ0v) is 11.3. The highest BCUT2D eigenvalue weighted by Crippen LogP contribution is 2.01. The van der Waals surface area contributed by atoms with Gasteiger partial charge in [-0.15, -0.1) is 0 Å². The molecule has 3 nitrogen and oxygen atoms in total. The Balaban J connectivity index is 3.67. The lowest BCUT2D eigenvalue weighted by molar-refractivity contribution is 0.340. The van der Waals surface area contributed by atoms with Crippen LogP contribution >= 0.6 is 0 Å². The first-order valence-corrected chi connectivity index (χ1v) is 6.05. The van der Waals surface area contributed by atoms with Crippen molar-refractivity contribution in [1.82, 2.24) is 15.5 Å². The number of nitrogens with zero attached hydrogens (tertiary/aromatic N) is 1. The van der Waals surface area contributed by atoms with Crippen LogP contribution in [0.4, 0.5) is 0 Å². The van der Waals surface area contributed by atoms with Crippen LogP contribution in [0.3, 0.4) is 0 Å². The van der Waals surface area contributed by atoms with Crippen LogP contribution < -0.4 is 10.6 Å². The predicted octanol–water partition coefficient (Wildman–Crippen LogP) is 1.16. The standard InChI is InChI=1S/C12H29N3/c1-10(2)12(14-11(3)4)9-13-7-8-15(5)6/h10-14H,7-9H2,1-6H3/t12-/m0/s1. The average molecular weight is 215 g/mol. The summed E-state index contributed by atoms with van der Waals surface area (Å²) in [6.07, 6.45) is 0. The quantitative estimate of drug-likeness (QED) is 0.595. The molecule has 0 aliphatic rings. The Hall–Kier alpha value is -0.120. The summed E-state index contributed by atoms with van der Waals surface area (Å²) >= 11 is 0. The van der Waals surface area contributed by atoms with Crippen molar-refractivity contribution in [1.29, 1.82) is 0 Å². The molecule has 0 unspecified atom stereocenters. The van der Waals surface area contributed by atoms with Gasteiger partial charge in [-0.2, -0.15) is 0 Å². The summed E-state index contributed by atoms with van der Waals surface area (Å²) in [5.41, 5.74) is 0. The summed E-state index contributed by atoms with van der Waals surface area (Å²) in [5.74, 6) is 0.680. The molecule has 3 heteroatoms. The van der Waals surface area contributed by atoms with E-state index in [0.29, 0.717) is 18.0 Å². The van der Waals surface area contributed by atoms with Gasteiger partial charge in [-0.05, 0) is 20.0 Å². The molecular formula is C12H29N3. The van der Waals surface area contributed by atoms with Crippen molar-refractivity contribution in [3.63, 3.8) is 0 Å². The van der Waals surface area contributed by atoms with E-state index in [1.54, 1.807) is 0 Å². The van der Waals surface area contributed by atoms with Gasteiger partial charge in [0.1, 0.15) is 0 Å². The van der Waals surface area contributed by atoms with Gasteiger partial charge in [0.25, 0.3) is 0 Å². The lowest BCUT2D eigenvalue weighted by atomic mass is 10.0. The molecule has 0 radical (unpaired) electrons. The Labute approximate surface area is 95.6 Å². The van der Waals surface area contributed by atoms with Crippen molar-refractivity contribution in [3.8, 4) is 0 Å². The first-order valence-electron chi connectivity index (χ1n) is 6.05. The lowest BCUT2D eigenvalue weighted by Gasteiger charge is -2.25. The highest BCUT2D eigenvalue weighted by molar-refractivity contribution is 4.75. The Kier molecular flexibility index (Phi) is 8.02. The fourth-order valence-electron chi connectivity index (χ4n) is 1.48. The van der Waals surface area contributed by atoms with Crippen LogP contribution in [0.2, 0.25) is 0 Å². The fraction of sp³-hybridized carbons (Fsp3) is 1.00. The first-order chi connectivity index (χ1) is 6.93. The predicted molar refractivity (Wildman–Crippen MR) is 68.3 cm³/mol. The smallest absolute Gasteiger partial charge is 0.0217 e. The molecule has 0 aliphatic carbocycles. The lowest BCUT2D eigenvalue weighted by Crippen LogP contribution is -2.46. The van der Waals surface area contributed by atoms with Crippen LogP contribution in [0, 0.1) is 5.92 Å². The van der Waals surface area contributed by atoms with E-state index in [0.717, 1.165) is 19.6 Å². The van der Waals surface area contributed by atoms with E-state index in [2.05, 4.69) is 57.3 Å². The molecule has 0 amide bonds. The van der Waals surface area contributed by atoms with Gasteiger partial charge in [0, 0.05) is 31.7 Å². The molecule has 0 heterocycles. The Morgan fingerprint density at radius 3 is 2.07 bits per heavy atom. The van der Waals surface area contributed by atoms with Crippen molar-refractivity contribution in [3.05, 3.63) is 0 Å². The van der Waals surface area contributed by atoms with Gasteiger partial charge >= 0.3 is 0 Å². The Bertz CT molecular complexity index is 144. The van der Waals surface area contributed by atoms with Crippen molar-refractivity contribution in [2.45, 2.75) is 39.8 Å². The third-order valence-electron chi connectivity index (χ3n) is 2.45. The molecule has 0 bridgehead atoms. The molecule has 2 N–H and O–H groups in total. The van der Waals surface area contributed by atoms with Gasteiger partial charge in [-0.3, -0.25) is 0 Å². The van der Waals surface area contributed by atoms with Crippen LogP contribution in [0.1, 0.15) is 27.7 Å². The third-order valence-corrected chi connectivity index (χ3v) is 2.45. The average Bonchev–Trinajstić information content (AvgIpc) is 2.08. The molecule has 0 rings (SSSR count). The maximum Gasteiger partial charge on any atom is 0.0217 e. The largest absolute Gasteiger partial charge is 0.314 e. The number of likely N-dealkylation sites (N-methyl/N-ethyl adjacent to an activating group) is 1. The summed E-state index contributed by atoms with van der Waals surface area (Å²) in [5, 5.41) is 7.09. The number of nitrogens with one attached hydrogen (secondary N) is 2. The summed E-state index contributed by atoms with van der Waals surface area (Å²) in [4.78, 5) is 2.20. The minimum Gasteiger partial charge on any atom is -0.314 e. The monoisotopic (exact) mass is 215 g/mol. The number of hydrogen-bond acceptors (Lipinski definition) is 3. The van der Waals surface area contributed by atoms with Crippen molar-refractivity contribution >= 4 is 0 Å². The van der Waals surface area contributed by atoms with E-state index in [9.17, 15) is 0 Å². The van der Waals surface area contributed by atoms with Crippen LogP contribution in [0.25, 0.3) is 0 Å². The van der Waals surface area contributed by atoms with E-state index < -0.39 is 0 Å².